The van der Waals surface area contributed by atoms with Crippen LogP contribution in [-0.4, -0.2) is 25.6 Å². The summed E-state index contributed by atoms with van der Waals surface area (Å²) in [4.78, 5) is 24.1. The van der Waals surface area contributed by atoms with Crippen molar-refractivity contribution in [1.29, 1.82) is 0 Å². The number of para-hydroxylation sites is 1. The van der Waals surface area contributed by atoms with Gasteiger partial charge in [-0.25, -0.2) is 0 Å². The van der Waals surface area contributed by atoms with E-state index in [1.807, 2.05) is 32.0 Å². The number of carbonyl (C=O) groups excluding carboxylic acids is 2. The molecule has 138 valence electrons. The summed E-state index contributed by atoms with van der Waals surface area (Å²) in [6.07, 6.45) is 1.75. The topological polar surface area (TPSA) is 64.6 Å². The second kappa shape index (κ2) is 9.61. The molecule has 1 N–H and O–H groups in total. The van der Waals surface area contributed by atoms with Gasteiger partial charge < -0.3 is 14.8 Å². The quantitative estimate of drug-likeness (QED) is 0.736. The van der Waals surface area contributed by atoms with Crippen LogP contribution < -0.4 is 10.1 Å². The summed E-state index contributed by atoms with van der Waals surface area (Å²) in [7, 11) is 1.59. The van der Waals surface area contributed by atoms with Gasteiger partial charge in [-0.1, -0.05) is 44.2 Å². The fraction of sp³-hybridized carbons (Fsp3) is 0.333. The summed E-state index contributed by atoms with van der Waals surface area (Å²) < 4.78 is 10.2. The molecule has 0 saturated carbocycles. The van der Waals surface area contributed by atoms with Gasteiger partial charge >= 0.3 is 5.97 Å². The van der Waals surface area contributed by atoms with E-state index in [-0.39, 0.29) is 18.9 Å². The van der Waals surface area contributed by atoms with Gasteiger partial charge in [0.2, 0.25) is 0 Å². The zero-order valence-electron chi connectivity index (χ0n) is 15.5. The van der Waals surface area contributed by atoms with Gasteiger partial charge in [0.1, 0.15) is 5.75 Å². The van der Waals surface area contributed by atoms with Crippen LogP contribution in [0.3, 0.4) is 0 Å². The Morgan fingerprint density at radius 3 is 2.12 bits per heavy atom. The third-order valence-corrected chi connectivity index (χ3v) is 4.14. The first kappa shape index (κ1) is 19.5. The Morgan fingerprint density at radius 2 is 1.58 bits per heavy atom. The molecule has 2 aromatic rings. The van der Waals surface area contributed by atoms with Crippen LogP contribution in [0, 0.1) is 0 Å². The number of aryl methyl sites for hydroxylation is 2. The molecule has 0 aromatic heterocycles. The Balaban J connectivity index is 1.89. The standard InChI is InChI=1S/C21H25NO4/c1-4-16-7-6-8-17(5-2)21(16)22-19(23)14-26-20(24)13-15-9-11-18(25-3)12-10-15/h6-12H,4-5,13-14H2,1-3H3,(H,22,23). The van der Waals surface area contributed by atoms with Gasteiger partial charge in [0.05, 0.1) is 13.5 Å². The van der Waals surface area contributed by atoms with Crippen molar-refractivity contribution >= 4 is 17.6 Å². The minimum atomic E-state index is -0.440. The molecular formula is C21H25NO4. The van der Waals surface area contributed by atoms with Gasteiger partial charge in [-0.05, 0) is 41.7 Å². The highest BCUT2D eigenvalue weighted by atomic mass is 16.5. The van der Waals surface area contributed by atoms with E-state index >= 15 is 0 Å². The Labute approximate surface area is 154 Å². The number of benzene rings is 2. The van der Waals surface area contributed by atoms with Crippen LogP contribution >= 0.6 is 0 Å². The van der Waals surface area contributed by atoms with Crippen LogP contribution in [0.2, 0.25) is 0 Å². The van der Waals surface area contributed by atoms with Crippen molar-refractivity contribution in [1.82, 2.24) is 0 Å². The van der Waals surface area contributed by atoms with Crippen molar-refractivity contribution in [2.24, 2.45) is 0 Å². The first-order valence-electron chi connectivity index (χ1n) is 8.76. The zero-order chi connectivity index (χ0) is 18.9. The molecule has 1 amide bonds. The zero-order valence-corrected chi connectivity index (χ0v) is 15.5. The van der Waals surface area contributed by atoms with Gasteiger partial charge in [-0.2, -0.15) is 0 Å². The van der Waals surface area contributed by atoms with Crippen molar-refractivity contribution in [3.8, 4) is 5.75 Å². The molecule has 0 spiro atoms. The average Bonchev–Trinajstić information content (AvgIpc) is 2.67. The van der Waals surface area contributed by atoms with E-state index in [9.17, 15) is 9.59 Å². The number of rotatable bonds is 8. The summed E-state index contributed by atoms with van der Waals surface area (Å²) in [5.41, 5.74) is 3.78. The largest absolute Gasteiger partial charge is 0.497 e. The summed E-state index contributed by atoms with van der Waals surface area (Å²) in [5, 5.41) is 2.88. The third-order valence-electron chi connectivity index (χ3n) is 4.14. The first-order valence-corrected chi connectivity index (χ1v) is 8.76. The number of nitrogens with one attached hydrogen (secondary N) is 1. The van der Waals surface area contributed by atoms with E-state index in [1.165, 1.54) is 0 Å². The van der Waals surface area contributed by atoms with E-state index in [2.05, 4.69) is 5.32 Å². The Hall–Kier alpha value is -2.82. The molecule has 0 atom stereocenters. The predicted octanol–water partition coefficient (Wildman–Crippen LogP) is 3.54. The second-order valence-electron chi connectivity index (χ2n) is 5.89. The van der Waals surface area contributed by atoms with E-state index < -0.39 is 5.97 Å². The Morgan fingerprint density at radius 1 is 0.962 bits per heavy atom. The monoisotopic (exact) mass is 355 g/mol. The maximum atomic E-state index is 12.2. The van der Waals surface area contributed by atoms with E-state index in [0.29, 0.717) is 0 Å². The molecule has 0 radical (unpaired) electrons. The van der Waals surface area contributed by atoms with E-state index in [4.69, 9.17) is 9.47 Å². The molecule has 5 nitrogen and oxygen atoms in total. The van der Waals surface area contributed by atoms with E-state index in [0.717, 1.165) is 41.0 Å². The lowest BCUT2D eigenvalue weighted by Gasteiger charge is -2.14. The van der Waals surface area contributed by atoms with Crippen molar-refractivity contribution in [2.45, 2.75) is 33.1 Å². The lowest BCUT2D eigenvalue weighted by molar-refractivity contribution is -0.146. The number of esters is 1. The lowest BCUT2D eigenvalue weighted by atomic mass is 10.0. The van der Waals surface area contributed by atoms with Crippen molar-refractivity contribution in [3.63, 3.8) is 0 Å². The van der Waals surface area contributed by atoms with Crippen molar-refractivity contribution in [3.05, 3.63) is 59.2 Å². The van der Waals surface area contributed by atoms with Crippen LogP contribution in [-0.2, 0) is 33.6 Å². The minimum Gasteiger partial charge on any atom is -0.497 e. The normalized spacial score (nSPS) is 10.3. The molecule has 0 saturated heterocycles. The molecule has 2 aromatic carbocycles. The molecule has 0 bridgehead atoms. The molecular weight excluding hydrogens is 330 g/mol. The SMILES string of the molecule is CCc1cccc(CC)c1NC(=O)COC(=O)Cc1ccc(OC)cc1. The number of anilines is 1. The highest BCUT2D eigenvalue weighted by Gasteiger charge is 2.12. The molecule has 0 aliphatic rings. The molecule has 0 heterocycles. The highest BCUT2D eigenvalue weighted by molar-refractivity contribution is 5.94. The van der Waals surface area contributed by atoms with Crippen LogP contribution in [0.25, 0.3) is 0 Å². The van der Waals surface area contributed by atoms with Crippen LogP contribution in [0.4, 0.5) is 5.69 Å². The third kappa shape index (κ3) is 5.34. The Bertz CT molecular complexity index is 731. The van der Waals surface area contributed by atoms with Gasteiger partial charge in [0.25, 0.3) is 5.91 Å². The number of methoxy groups -OCH3 is 1. The average molecular weight is 355 g/mol. The van der Waals surface area contributed by atoms with Crippen LogP contribution in [0.15, 0.2) is 42.5 Å². The molecule has 0 aliphatic carbocycles. The van der Waals surface area contributed by atoms with Crippen molar-refractivity contribution < 1.29 is 19.1 Å². The number of amides is 1. The predicted molar refractivity (Wildman–Crippen MR) is 101 cm³/mol. The lowest BCUT2D eigenvalue weighted by Crippen LogP contribution is -2.23. The molecule has 0 fully saturated rings. The maximum absolute atomic E-state index is 12.2. The second-order valence-corrected chi connectivity index (χ2v) is 5.89. The summed E-state index contributed by atoms with van der Waals surface area (Å²) in [5.74, 6) is -0.0451. The summed E-state index contributed by atoms with van der Waals surface area (Å²) >= 11 is 0. The van der Waals surface area contributed by atoms with Crippen LogP contribution in [0.1, 0.15) is 30.5 Å². The first-order chi connectivity index (χ1) is 12.6. The van der Waals surface area contributed by atoms with Gasteiger partial charge in [0.15, 0.2) is 6.61 Å². The maximum Gasteiger partial charge on any atom is 0.310 e. The summed E-state index contributed by atoms with van der Waals surface area (Å²) in [6, 6.07) is 13.1. The minimum absolute atomic E-state index is 0.114. The number of hydrogen-bond donors (Lipinski definition) is 1. The number of hydrogen-bond acceptors (Lipinski definition) is 4. The number of ether oxygens (including phenoxy) is 2. The smallest absolute Gasteiger partial charge is 0.310 e. The number of carbonyl (C=O) groups is 2. The van der Waals surface area contributed by atoms with Gasteiger partial charge in [-0.15, -0.1) is 0 Å². The fourth-order valence-corrected chi connectivity index (χ4v) is 2.69. The van der Waals surface area contributed by atoms with E-state index in [1.54, 1.807) is 31.4 Å². The fourth-order valence-electron chi connectivity index (χ4n) is 2.69. The highest BCUT2D eigenvalue weighted by Crippen LogP contribution is 2.22. The molecule has 5 heteroatoms. The van der Waals surface area contributed by atoms with Gasteiger partial charge in [0, 0.05) is 5.69 Å². The van der Waals surface area contributed by atoms with Crippen molar-refractivity contribution in [2.75, 3.05) is 19.0 Å². The molecule has 26 heavy (non-hydrogen) atoms. The Kier molecular flexibility index (Phi) is 7.21. The molecule has 2 rings (SSSR count). The molecule has 0 aliphatic heterocycles. The summed E-state index contributed by atoms with van der Waals surface area (Å²) in [6.45, 7) is 3.79. The van der Waals surface area contributed by atoms with Gasteiger partial charge in [-0.3, -0.25) is 9.59 Å². The molecule has 0 unspecified atom stereocenters. The van der Waals surface area contributed by atoms with Crippen LogP contribution in [0.5, 0.6) is 5.75 Å².